The maximum Gasteiger partial charge on any atom is 0.433 e. The number of hydrogen-bond donors (Lipinski definition) is 1. The highest BCUT2D eigenvalue weighted by Gasteiger charge is 2.34. The van der Waals surface area contributed by atoms with Crippen LogP contribution in [0.3, 0.4) is 0 Å². The molecule has 0 unspecified atom stereocenters. The predicted molar refractivity (Wildman–Crippen MR) is 74.2 cm³/mol. The molecule has 2 aliphatic heterocycles. The first-order chi connectivity index (χ1) is 10.4. The molecule has 1 aromatic rings. The minimum Gasteiger partial charge on any atom is -0.339 e. The molecule has 120 valence electrons. The number of amides is 1. The van der Waals surface area contributed by atoms with Gasteiger partial charge in [-0.25, -0.2) is 0 Å². The van der Waals surface area contributed by atoms with Gasteiger partial charge in [0.2, 0.25) is 0 Å². The lowest BCUT2D eigenvalue weighted by Crippen LogP contribution is -2.32. The van der Waals surface area contributed by atoms with E-state index in [4.69, 9.17) is 0 Å². The number of nitrogens with zero attached hydrogens (tertiary/aromatic N) is 2. The number of nitrogens with one attached hydrogen (secondary N) is 1. The van der Waals surface area contributed by atoms with E-state index in [0.717, 1.165) is 38.2 Å². The second kappa shape index (κ2) is 5.87. The van der Waals surface area contributed by atoms with Gasteiger partial charge in [0.25, 0.3) is 5.91 Å². The summed E-state index contributed by atoms with van der Waals surface area (Å²) in [6.07, 6.45) is -1.57. The molecule has 22 heavy (non-hydrogen) atoms. The van der Waals surface area contributed by atoms with E-state index >= 15 is 0 Å². The van der Waals surface area contributed by atoms with Crippen molar-refractivity contribution in [3.05, 3.63) is 29.6 Å². The minimum absolute atomic E-state index is 0.221. The Hall–Kier alpha value is -1.63. The van der Waals surface area contributed by atoms with Crippen LogP contribution in [0.15, 0.2) is 18.3 Å². The standard InChI is InChI=1S/C15H18F3N3O/c16-15(17,18)13-2-1-12(9-20-13)14(22)21-5-3-10-7-19-8-11(10)4-6-21/h1-2,9-11,19H,3-8H2/t10-,11+. The van der Waals surface area contributed by atoms with E-state index in [1.165, 1.54) is 6.07 Å². The van der Waals surface area contributed by atoms with Crippen LogP contribution in [0.1, 0.15) is 28.9 Å². The van der Waals surface area contributed by atoms with Crippen LogP contribution in [-0.4, -0.2) is 42.0 Å². The van der Waals surface area contributed by atoms with E-state index in [0.29, 0.717) is 24.9 Å². The SMILES string of the molecule is O=C(c1ccc(C(F)(F)F)nc1)N1CC[C@@H]2CNC[C@@H]2CC1. The Morgan fingerprint density at radius 2 is 1.82 bits per heavy atom. The molecule has 2 aliphatic rings. The van der Waals surface area contributed by atoms with Gasteiger partial charge in [0.1, 0.15) is 5.69 Å². The zero-order valence-electron chi connectivity index (χ0n) is 12.1. The number of alkyl halides is 3. The van der Waals surface area contributed by atoms with Gasteiger partial charge in [-0.2, -0.15) is 13.2 Å². The summed E-state index contributed by atoms with van der Waals surface area (Å²) in [5.41, 5.74) is -0.751. The average Bonchev–Trinajstić information content (AvgIpc) is 2.85. The topological polar surface area (TPSA) is 45.2 Å². The predicted octanol–water partition coefficient (Wildman–Crippen LogP) is 2.17. The van der Waals surface area contributed by atoms with Crippen molar-refractivity contribution in [2.45, 2.75) is 19.0 Å². The Bertz CT molecular complexity index is 530. The fourth-order valence-electron chi connectivity index (χ4n) is 3.29. The number of fused-ring (bicyclic) bond motifs is 1. The summed E-state index contributed by atoms with van der Waals surface area (Å²) >= 11 is 0. The van der Waals surface area contributed by atoms with Gasteiger partial charge < -0.3 is 10.2 Å². The van der Waals surface area contributed by atoms with Crippen molar-refractivity contribution in [1.82, 2.24) is 15.2 Å². The first kappa shape index (κ1) is 15.3. The Balaban J connectivity index is 1.68. The van der Waals surface area contributed by atoms with Crippen LogP contribution in [0.2, 0.25) is 0 Å². The zero-order chi connectivity index (χ0) is 15.7. The molecule has 0 spiro atoms. The lowest BCUT2D eigenvalue weighted by molar-refractivity contribution is -0.141. The smallest absolute Gasteiger partial charge is 0.339 e. The summed E-state index contributed by atoms with van der Waals surface area (Å²) < 4.78 is 37.5. The van der Waals surface area contributed by atoms with Gasteiger partial charge in [-0.05, 0) is 49.9 Å². The summed E-state index contributed by atoms with van der Waals surface area (Å²) in [6.45, 7) is 3.30. The molecular formula is C15H18F3N3O. The third-order valence-electron chi connectivity index (χ3n) is 4.61. The summed E-state index contributed by atoms with van der Waals surface area (Å²) in [5, 5.41) is 3.37. The molecule has 2 fully saturated rings. The van der Waals surface area contributed by atoms with Crippen molar-refractivity contribution in [2.24, 2.45) is 11.8 Å². The van der Waals surface area contributed by atoms with Crippen LogP contribution >= 0.6 is 0 Å². The molecule has 2 saturated heterocycles. The fraction of sp³-hybridized carbons (Fsp3) is 0.600. The number of carbonyl (C=O) groups excluding carboxylic acids is 1. The van der Waals surface area contributed by atoms with E-state index in [1.54, 1.807) is 4.90 Å². The van der Waals surface area contributed by atoms with E-state index < -0.39 is 11.9 Å². The fourth-order valence-corrected chi connectivity index (χ4v) is 3.29. The molecule has 1 aromatic heterocycles. The average molecular weight is 313 g/mol. The molecule has 1 N–H and O–H groups in total. The number of pyridine rings is 1. The molecular weight excluding hydrogens is 295 g/mol. The second-order valence-electron chi connectivity index (χ2n) is 5.98. The third-order valence-corrected chi connectivity index (χ3v) is 4.61. The van der Waals surface area contributed by atoms with Crippen LogP contribution in [0.4, 0.5) is 13.2 Å². The summed E-state index contributed by atoms with van der Waals surface area (Å²) in [5.74, 6) is 0.973. The molecule has 0 saturated carbocycles. The van der Waals surface area contributed by atoms with Crippen LogP contribution < -0.4 is 5.32 Å². The number of likely N-dealkylation sites (tertiary alicyclic amines) is 1. The van der Waals surface area contributed by atoms with E-state index in [1.807, 2.05) is 0 Å². The maximum absolute atomic E-state index is 12.5. The number of aromatic nitrogens is 1. The Morgan fingerprint density at radius 1 is 1.18 bits per heavy atom. The van der Waals surface area contributed by atoms with Crippen molar-refractivity contribution < 1.29 is 18.0 Å². The normalized spacial score (nSPS) is 25.7. The van der Waals surface area contributed by atoms with E-state index in [2.05, 4.69) is 10.3 Å². The minimum atomic E-state index is -4.48. The molecule has 0 aliphatic carbocycles. The highest BCUT2D eigenvalue weighted by Crippen LogP contribution is 2.29. The van der Waals surface area contributed by atoms with Crippen molar-refractivity contribution in [3.8, 4) is 0 Å². The quantitative estimate of drug-likeness (QED) is 0.864. The Labute approximate surface area is 126 Å². The van der Waals surface area contributed by atoms with Gasteiger partial charge in [-0.3, -0.25) is 9.78 Å². The number of rotatable bonds is 1. The summed E-state index contributed by atoms with van der Waals surface area (Å²) in [4.78, 5) is 17.5. The first-order valence-electron chi connectivity index (χ1n) is 7.48. The number of halogens is 3. The van der Waals surface area contributed by atoms with Crippen molar-refractivity contribution in [2.75, 3.05) is 26.2 Å². The molecule has 0 radical (unpaired) electrons. The molecule has 3 rings (SSSR count). The van der Waals surface area contributed by atoms with Gasteiger partial charge in [0.15, 0.2) is 0 Å². The van der Waals surface area contributed by atoms with Crippen LogP contribution in [0, 0.1) is 11.8 Å². The van der Waals surface area contributed by atoms with Crippen LogP contribution in [0.25, 0.3) is 0 Å². The summed E-state index contributed by atoms with van der Waals surface area (Å²) in [7, 11) is 0. The van der Waals surface area contributed by atoms with Crippen molar-refractivity contribution >= 4 is 5.91 Å². The van der Waals surface area contributed by atoms with Crippen LogP contribution in [-0.2, 0) is 6.18 Å². The molecule has 7 heteroatoms. The van der Waals surface area contributed by atoms with Gasteiger partial charge in [-0.15, -0.1) is 0 Å². The third kappa shape index (κ3) is 3.09. The molecule has 3 heterocycles. The van der Waals surface area contributed by atoms with E-state index in [-0.39, 0.29) is 11.5 Å². The molecule has 0 aromatic carbocycles. The van der Waals surface area contributed by atoms with Crippen LogP contribution in [0.5, 0.6) is 0 Å². The van der Waals surface area contributed by atoms with Crippen molar-refractivity contribution in [1.29, 1.82) is 0 Å². The number of carbonyl (C=O) groups is 1. The molecule has 4 nitrogen and oxygen atoms in total. The highest BCUT2D eigenvalue weighted by atomic mass is 19.4. The van der Waals surface area contributed by atoms with E-state index in [9.17, 15) is 18.0 Å². The van der Waals surface area contributed by atoms with Gasteiger partial charge >= 0.3 is 6.18 Å². The lowest BCUT2D eigenvalue weighted by atomic mass is 9.92. The lowest BCUT2D eigenvalue weighted by Gasteiger charge is -2.21. The molecule has 2 atom stereocenters. The van der Waals surface area contributed by atoms with Gasteiger partial charge in [0.05, 0.1) is 5.56 Å². The maximum atomic E-state index is 12.5. The number of hydrogen-bond acceptors (Lipinski definition) is 3. The Kier molecular flexibility index (Phi) is 4.08. The molecule has 1 amide bonds. The molecule has 0 bridgehead atoms. The summed E-state index contributed by atoms with van der Waals surface area (Å²) in [6, 6.07) is 2.08. The largest absolute Gasteiger partial charge is 0.433 e. The van der Waals surface area contributed by atoms with Gasteiger partial charge in [-0.1, -0.05) is 0 Å². The Morgan fingerprint density at radius 3 is 2.32 bits per heavy atom. The monoisotopic (exact) mass is 313 g/mol. The highest BCUT2D eigenvalue weighted by molar-refractivity contribution is 5.93. The second-order valence-corrected chi connectivity index (χ2v) is 5.98. The van der Waals surface area contributed by atoms with Gasteiger partial charge in [0, 0.05) is 19.3 Å². The van der Waals surface area contributed by atoms with Crippen molar-refractivity contribution in [3.63, 3.8) is 0 Å². The zero-order valence-corrected chi connectivity index (χ0v) is 12.1. The first-order valence-corrected chi connectivity index (χ1v) is 7.48.